The van der Waals surface area contributed by atoms with Crippen molar-refractivity contribution >= 4 is 0 Å². The molecule has 2 rings (SSSR count). The van der Waals surface area contributed by atoms with Crippen LogP contribution in [-0.4, -0.2) is 36.2 Å². The third-order valence-electron chi connectivity index (χ3n) is 3.11. The Morgan fingerprint density at radius 2 is 2.00 bits per heavy atom. The fraction of sp³-hybridized carbons (Fsp3) is 0.400. The van der Waals surface area contributed by atoms with E-state index in [0.717, 1.165) is 17.6 Å². The molecule has 0 aromatic carbocycles. The zero-order chi connectivity index (χ0) is 12.1. The lowest BCUT2D eigenvalue weighted by atomic mass is 10.2. The molecule has 0 amide bonds. The molecule has 0 aliphatic heterocycles. The Kier molecular flexibility index (Phi) is 3.68. The van der Waals surface area contributed by atoms with Crippen LogP contribution in [0.2, 0.25) is 0 Å². The predicted octanol–water partition coefficient (Wildman–Crippen LogP) is 2.61. The standard InChI is InChI=1S/C15H21N2/c1-17(2,14-15-8-3-4-9-15)13-7-12-16-10-5-6-11-16/h3-6,8,10-11H,7,12-14H2,1-2H3/q+1. The van der Waals surface area contributed by atoms with E-state index >= 15 is 0 Å². The van der Waals surface area contributed by atoms with Gasteiger partial charge in [-0.2, -0.15) is 0 Å². The van der Waals surface area contributed by atoms with E-state index in [0.29, 0.717) is 0 Å². The highest BCUT2D eigenvalue weighted by atomic mass is 15.3. The second kappa shape index (κ2) is 5.22. The van der Waals surface area contributed by atoms with Crippen molar-refractivity contribution in [2.24, 2.45) is 0 Å². The SMILES string of the molecule is C[N+](C)(CCCn1cccc1)CC1=C=CC=C1. The number of nitrogens with zero attached hydrogens (tertiary/aromatic N) is 2. The Morgan fingerprint density at radius 1 is 1.24 bits per heavy atom. The Balaban J connectivity index is 1.77. The summed E-state index contributed by atoms with van der Waals surface area (Å²) in [5.74, 6) is 0. The van der Waals surface area contributed by atoms with Gasteiger partial charge in [0, 0.05) is 30.9 Å². The first-order valence-corrected chi connectivity index (χ1v) is 6.21. The first-order valence-electron chi connectivity index (χ1n) is 6.21. The molecule has 0 N–H and O–H groups in total. The first kappa shape index (κ1) is 12.0. The van der Waals surface area contributed by atoms with E-state index in [-0.39, 0.29) is 0 Å². The topological polar surface area (TPSA) is 4.93 Å². The molecule has 0 radical (unpaired) electrons. The summed E-state index contributed by atoms with van der Waals surface area (Å²) in [6.07, 6.45) is 11.7. The van der Waals surface area contributed by atoms with Gasteiger partial charge in [0.15, 0.2) is 0 Å². The lowest BCUT2D eigenvalue weighted by Gasteiger charge is -2.29. The molecule has 1 aromatic rings. The summed E-state index contributed by atoms with van der Waals surface area (Å²) in [7, 11) is 4.58. The van der Waals surface area contributed by atoms with Crippen LogP contribution in [0.3, 0.4) is 0 Å². The number of aromatic nitrogens is 1. The van der Waals surface area contributed by atoms with Gasteiger partial charge in [-0.25, -0.2) is 0 Å². The molecule has 0 unspecified atom stereocenters. The maximum absolute atomic E-state index is 3.28. The van der Waals surface area contributed by atoms with E-state index in [1.165, 1.54) is 18.5 Å². The second-order valence-electron chi connectivity index (χ2n) is 5.29. The van der Waals surface area contributed by atoms with Crippen LogP contribution in [0, 0.1) is 0 Å². The summed E-state index contributed by atoms with van der Waals surface area (Å²) in [4.78, 5) is 0. The van der Waals surface area contributed by atoms with Gasteiger partial charge in [-0.05, 0) is 24.3 Å². The zero-order valence-electron chi connectivity index (χ0n) is 10.8. The summed E-state index contributed by atoms with van der Waals surface area (Å²) >= 11 is 0. The van der Waals surface area contributed by atoms with E-state index in [1.807, 2.05) is 6.08 Å². The summed E-state index contributed by atoms with van der Waals surface area (Å²) < 4.78 is 3.27. The molecule has 17 heavy (non-hydrogen) atoms. The molecule has 0 saturated carbocycles. The van der Waals surface area contributed by atoms with Gasteiger partial charge in [0.05, 0.1) is 20.6 Å². The summed E-state index contributed by atoms with van der Waals surface area (Å²) in [5.41, 5.74) is 4.59. The second-order valence-corrected chi connectivity index (χ2v) is 5.29. The van der Waals surface area contributed by atoms with E-state index in [2.05, 4.69) is 61.1 Å². The van der Waals surface area contributed by atoms with Gasteiger partial charge in [-0.1, -0.05) is 6.08 Å². The van der Waals surface area contributed by atoms with E-state index < -0.39 is 0 Å². The van der Waals surface area contributed by atoms with Gasteiger partial charge in [0.25, 0.3) is 0 Å². The number of hydrogen-bond donors (Lipinski definition) is 0. The average molecular weight is 229 g/mol. The van der Waals surface area contributed by atoms with Gasteiger partial charge in [-0.15, -0.1) is 5.73 Å². The Morgan fingerprint density at radius 3 is 2.65 bits per heavy atom. The van der Waals surface area contributed by atoms with Crippen LogP contribution in [0.4, 0.5) is 0 Å². The van der Waals surface area contributed by atoms with Crippen molar-refractivity contribution in [1.29, 1.82) is 0 Å². The number of allylic oxidation sites excluding steroid dienone is 1. The van der Waals surface area contributed by atoms with Crippen LogP contribution in [-0.2, 0) is 6.54 Å². The van der Waals surface area contributed by atoms with Gasteiger partial charge < -0.3 is 9.05 Å². The van der Waals surface area contributed by atoms with Crippen LogP contribution in [0.25, 0.3) is 0 Å². The minimum absolute atomic E-state index is 1.03. The van der Waals surface area contributed by atoms with Crippen LogP contribution < -0.4 is 0 Å². The fourth-order valence-corrected chi connectivity index (χ4v) is 2.21. The molecule has 2 heteroatoms. The van der Waals surface area contributed by atoms with Crippen molar-refractivity contribution in [2.75, 3.05) is 27.2 Å². The monoisotopic (exact) mass is 229 g/mol. The zero-order valence-corrected chi connectivity index (χ0v) is 10.8. The van der Waals surface area contributed by atoms with Crippen LogP contribution >= 0.6 is 0 Å². The number of quaternary nitrogens is 1. The third kappa shape index (κ3) is 3.77. The maximum atomic E-state index is 3.28. The van der Waals surface area contributed by atoms with E-state index in [9.17, 15) is 0 Å². The molecular formula is C15H21N2+. The molecule has 0 fully saturated rings. The van der Waals surface area contributed by atoms with E-state index in [4.69, 9.17) is 0 Å². The van der Waals surface area contributed by atoms with E-state index in [1.54, 1.807) is 0 Å². The number of aryl methyl sites for hydroxylation is 1. The van der Waals surface area contributed by atoms with Crippen molar-refractivity contribution < 1.29 is 4.48 Å². The lowest BCUT2D eigenvalue weighted by molar-refractivity contribution is -0.885. The summed E-state index contributed by atoms with van der Waals surface area (Å²) in [6.45, 7) is 3.37. The molecule has 1 aliphatic rings. The molecule has 2 nitrogen and oxygen atoms in total. The highest BCUT2D eigenvalue weighted by Crippen LogP contribution is 2.10. The van der Waals surface area contributed by atoms with Gasteiger partial charge in [0.2, 0.25) is 0 Å². The van der Waals surface area contributed by atoms with Crippen molar-refractivity contribution in [3.63, 3.8) is 0 Å². The molecule has 0 atom stereocenters. The number of hydrogen-bond acceptors (Lipinski definition) is 0. The molecule has 0 bridgehead atoms. The van der Waals surface area contributed by atoms with Gasteiger partial charge in [0.1, 0.15) is 6.54 Å². The van der Waals surface area contributed by atoms with Crippen molar-refractivity contribution in [1.82, 2.24) is 4.57 Å². The highest BCUT2D eigenvalue weighted by molar-refractivity contribution is 5.29. The molecular weight excluding hydrogens is 208 g/mol. The van der Waals surface area contributed by atoms with Crippen LogP contribution in [0.1, 0.15) is 6.42 Å². The molecule has 1 heterocycles. The third-order valence-corrected chi connectivity index (χ3v) is 3.11. The van der Waals surface area contributed by atoms with Crippen LogP contribution in [0.5, 0.6) is 0 Å². The molecule has 0 spiro atoms. The largest absolute Gasteiger partial charge is 0.354 e. The summed E-state index contributed by atoms with van der Waals surface area (Å²) in [5, 5.41) is 0. The smallest absolute Gasteiger partial charge is 0.111 e. The Hall–Kier alpha value is -1.50. The lowest BCUT2D eigenvalue weighted by Crippen LogP contribution is -2.42. The summed E-state index contributed by atoms with van der Waals surface area (Å²) in [6, 6.07) is 4.16. The maximum Gasteiger partial charge on any atom is 0.111 e. The predicted molar refractivity (Wildman–Crippen MR) is 71.6 cm³/mol. The van der Waals surface area contributed by atoms with Crippen molar-refractivity contribution in [3.05, 3.63) is 54.1 Å². The molecule has 90 valence electrons. The minimum atomic E-state index is 1.03. The average Bonchev–Trinajstić information content (AvgIpc) is 2.89. The highest BCUT2D eigenvalue weighted by Gasteiger charge is 2.16. The number of likely N-dealkylation sites (N-methyl/N-ethyl adjacent to an activating group) is 1. The van der Waals surface area contributed by atoms with Crippen LogP contribution in [0.15, 0.2) is 54.1 Å². The molecule has 0 saturated heterocycles. The molecule has 1 aromatic heterocycles. The van der Waals surface area contributed by atoms with Gasteiger partial charge >= 0.3 is 0 Å². The minimum Gasteiger partial charge on any atom is -0.354 e. The van der Waals surface area contributed by atoms with Crippen molar-refractivity contribution in [2.45, 2.75) is 13.0 Å². The number of rotatable bonds is 6. The first-order chi connectivity index (χ1) is 8.16. The molecule has 1 aliphatic carbocycles. The Labute approximate surface area is 104 Å². The fourth-order valence-electron chi connectivity index (χ4n) is 2.21. The quantitative estimate of drug-likeness (QED) is 0.522. The Bertz CT molecular complexity index is 443. The normalized spacial score (nSPS) is 14.4. The van der Waals surface area contributed by atoms with Gasteiger partial charge in [-0.3, -0.25) is 0 Å². The van der Waals surface area contributed by atoms with Crippen molar-refractivity contribution in [3.8, 4) is 0 Å².